The number of aliphatic hydroxyl groups is 1. The number of hydrazine groups is 1. The van der Waals surface area contributed by atoms with E-state index in [1.54, 1.807) is 31.2 Å². The third-order valence-corrected chi connectivity index (χ3v) is 2.93. The molecule has 1 heterocycles. The zero-order chi connectivity index (χ0) is 13.4. The number of nitrogens with zero attached hydrogens (tertiary/aromatic N) is 2. The molecular formula is C12H16N2O4. The van der Waals surface area contributed by atoms with E-state index < -0.39 is 6.23 Å². The molecule has 1 aliphatic heterocycles. The van der Waals surface area contributed by atoms with Crippen molar-refractivity contribution in [2.24, 2.45) is 0 Å². The van der Waals surface area contributed by atoms with Crippen LogP contribution >= 0.6 is 0 Å². The number of aliphatic hydroxyl groups excluding tert-OH is 1. The van der Waals surface area contributed by atoms with E-state index in [9.17, 15) is 9.90 Å². The van der Waals surface area contributed by atoms with Gasteiger partial charge in [0.1, 0.15) is 0 Å². The maximum Gasteiger partial charge on any atom is 0.271 e. The molecule has 18 heavy (non-hydrogen) atoms. The second-order valence-corrected chi connectivity index (χ2v) is 4.17. The minimum absolute atomic E-state index is 0.261. The molecule has 1 aromatic carbocycles. The summed E-state index contributed by atoms with van der Waals surface area (Å²) < 4.78 is 10.3. The van der Waals surface area contributed by atoms with Gasteiger partial charge in [-0.15, -0.1) is 0 Å². The molecule has 0 aromatic heterocycles. The molecule has 0 saturated heterocycles. The highest BCUT2D eigenvalue weighted by Crippen LogP contribution is 2.39. The van der Waals surface area contributed by atoms with Crippen molar-refractivity contribution >= 4 is 5.91 Å². The van der Waals surface area contributed by atoms with Gasteiger partial charge in [0.25, 0.3) is 5.91 Å². The van der Waals surface area contributed by atoms with E-state index in [1.165, 1.54) is 19.2 Å². The number of carbonyl (C=O) groups excluding carboxylic acids is 1. The standard InChI is InChI=1S/C12H16N2O4/c1-13(2)14-11(15)7-5-9(17-3)10(18-4)6-8(7)12(14)16/h5-6,11,15H,1-4H3. The van der Waals surface area contributed by atoms with Crippen LogP contribution in [0.1, 0.15) is 22.1 Å². The van der Waals surface area contributed by atoms with E-state index in [0.717, 1.165) is 0 Å². The number of methoxy groups -OCH3 is 2. The van der Waals surface area contributed by atoms with Gasteiger partial charge in [0.2, 0.25) is 0 Å². The third-order valence-electron chi connectivity index (χ3n) is 2.93. The summed E-state index contributed by atoms with van der Waals surface area (Å²) in [7, 11) is 6.41. The van der Waals surface area contributed by atoms with Gasteiger partial charge < -0.3 is 14.6 Å². The Balaban J connectivity index is 2.54. The quantitative estimate of drug-likeness (QED) is 0.854. The average Bonchev–Trinajstić information content (AvgIpc) is 2.59. The van der Waals surface area contributed by atoms with Crippen molar-refractivity contribution in [2.45, 2.75) is 6.23 Å². The molecule has 1 N–H and O–H groups in total. The maximum absolute atomic E-state index is 12.1. The van der Waals surface area contributed by atoms with E-state index in [4.69, 9.17) is 9.47 Å². The van der Waals surface area contributed by atoms with Gasteiger partial charge >= 0.3 is 0 Å². The van der Waals surface area contributed by atoms with E-state index in [2.05, 4.69) is 0 Å². The zero-order valence-corrected chi connectivity index (χ0v) is 10.8. The molecule has 1 atom stereocenters. The smallest absolute Gasteiger partial charge is 0.271 e. The predicted molar refractivity (Wildman–Crippen MR) is 64.4 cm³/mol. The van der Waals surface area contributed by atoms with Crippen LogP contribution in [0.4, 0.5) is 0 Å². The number of hydrogen-bond acceptors (Lipinski definition) is 5. The average molecular weight is 252 g/mol. The van der Waals surface area contributed by atoms with Crippen LogP contribution in [-0.4, -0.2) is 49.3 Å². The van der Waals surface area contributed by atoms with Crippen LogP contribution in [0.2, 0.25) is 0 Å². The molecule has 0 saturated carbocycles. The largest absolute Gasteiger partial charge is 0.493 e. The highest BCUT2D eigenvalue weighted by atomic mass is 16.5. The Morgan fingerprint density at radius 2 is 1.78 bits per heavy atom. The van der Waals surface area contributed by atoms with Gasteiger partial charge in [-0.05, 0) is 12.1 Å². The van der Waals surface area contributed by atoms with Gasteiger partial charge in [-0.2, -0.15) is 0 Å². The zero-order valence-electron chi connectivity index (χ0n) is 10.8. The molecule has 0 spiro atoms. The van der Waals surface area contributed by atoms with Gasteiger partial charge in [0.15, 0.2) is 17.7 Å². The molecule has 2 rings (SSSR count). The van der Waals surface area contributed by atoms with Gasteiger partial charge in [-0.1, -0.05) is 0 Å². The molecule has 1 aromatic rings. The summed E-state index contributed by atoms with van der Waals surface area (Å²) in [5, 5.41) is 12.9. The van der Waals surface area contributed by atoms with Crippen molar-refractivity contribution in [3.63, 3.8) is 0 Å². The minimum atomic E-state index is -0.998. The minimum Gasteiger partial charge on any atom is -0.493 e. The number of fused-ring (bicyclic) bond motifs is 1. The number of ether oxygens (including phenoxy) is 2. The molecule has 0 aliphatic carbocycles. The van der Waals surface area contributed by atoms with Crippen LogP contribution in [0.3, 0.4) is 0 Å². The molecule has 0 bridgehead atoms. The van der Waals surface area contributed by atoms with Crippen LogP contribution in [0.15, 0.2) is 12.1 Å². The van der Waals surface area contributed by atoms with Gasteiger partial charge in [0, 0.05) is 19.7 Å². The van der Waals surface area contributed by atoms with Crippen LogP contribution in [0, 0.1) is 0 Å². The Labute approximate surface area is 105 Å². The Bertz CT molecular complexity index is 487. The lowest BCUT2D eigenvalue weighted by Crippen LogP contribution is -2.39. The van der Waals surface area contributed by atoms with Crippen molar-refractivity contribution < 1.29 is 19.4 Å². The lowest BCUT2D eigenvalue weighted by molar-refractivity contribution is -0.0772. The van der Waals surface area contributed by atoms with E-state index >= 15 is 0 Å². The molecule has 98 valence electrons. The third kappa shape index (κ3) is 1.70. The van der Waals surface area contributed by atoms with Crippen molar-refractivity contribution in [2.75, 3.05) is 28.3 Å². The summed E-state index contributed by atoms with van der Waals surface area (Å²) in [6.45, 7) is 0. The monoisotopic (exact) mass is 252 g/mol. The Morgan fingerprint density at radius 1 is 1.22 bits per heavy atom. The lowest BCUT2D eigenvalue weighted by atomic mass is 10.1. The van der Waals surface area contributed by atoms with Crippen LogP contribution in [0.5, 0.6) is 11.5 Å². The summed E-state index contributed by atoms with van der Waals surface area (Å²) in [6.07, 6.45) is -0.998. The fourth-order valence-electron chi connectivity index (χ4n) is 2.06. The van der Waals surface area contributed by atoms with Crippen molar-refractivity contribution in [1.29, 1.82) is 0 Å². The molecule has 6 heteroatoms. The van der Waals surface area contributed by atoms with Gasteiger partial charge in [-0.3, -0.25) is 4.79 Å². The number of rotatable bonds is 3. The Kier molecular flexibility index (Phi) is 3.14. The summed E-state index contributed by atoms with van der Waals surface area (Å²) in [6, 6.07) is 3.21. The van der Waals surface area contributed by atoms with E-state index in [1.807, 2.05) is 0 Å². The number of benzene rings is 1. The number of carbonyl (C=O) groups is 1. The van der Waals surface area contributed by atoms with Crippen LogP contribution in [0.25, 0.3) is 0 Å². The first kappa shape index (κ1) is 12.7. The molecule has 6 nitrogen and oxygen atoms in total. The lowest BCUT2D eigenvalue weighted by Gasteiger charge is -2.27. The Morgan fingerprint density at radius 3 is 2.28 bits per heavy atom. The fraction of sp³-hybridized carbons (Fsp3) is 0.417. The summed E-state index contributed by atoms with van der Waals surface area (Å²) >= 11 is 0. The highest BCUT2D eigenvalue weighted by molar-refractivity contribution is 5.99. The molecule has 0 radical (unpaired) electrons. The molecule has 0 fully saturated rings. The SMILES string of the molecule is COc1cc2c(cc1OC)C(O)N(N(C)C)C2=O. The first-order valence-electron chi connectivity index (χ1n) is 5.46. The highest BCUT2D eigenvalue weighted by Gasteiger charge is 2.38. The van der Waals surface area contributed by atoms with E-state index in [-0.39, 0.29) is 5.91 Å². The van der Waals surface area contributed by atoms with Crippen molar-refractivity contribution in [3.8, 4) is 11.5 Å². The van der Waals surface area contributed by atoms with Crippen molar-refractivity contribution in [3.05, 3.63) is 23.3 Å². The summed E-state index contributed by atoms with van der Waals surface area (Å²) in [5.41, 5.74) is 0.945. The molecule has 1 amide bonds. The molecular weight excluding hydrogens is 236 g/mol. The summed E-state index contributed by atoms with van der Waals surface area (Å²) in [4.78, 5) is 12.1. The topological polar surface area (TPSA) is 62.2 Å². The van der Waals surface area contributed by atoms with E-state index in [0.29, 0.717) is 22.6 Å². The number of amides is 1. The van der Waals surface area contributed by atoms with Crippen LogP contribution < -0.4 is 9.47 Å². The van der Waals surface area contributed by atoms with Gasteiger partial charge in [0.05, 0.1) is 19.8 Å². The maximum atomic E-state index is 12.1. The Hall–Kier alpha value is -1.79. The predicted octanol–water partition coefficient (Wildman–Crippen LogP) is 0.627. The van der Waals surface area contributed by atoms with Crippen molar-refractivity contribution in [1.82, 2.24) is 10.0 Å². The fourth-order valence-corrected chi connectivity index (χ4v) is 2.06. The summed E-state index contributed by atoms with van der Waals surface area (Å²) in [5.74, 6) is 0.699. The molecule has 1 unspecified atom stereocenters. The second kappa shape index (κ2) is 4.47. The second-order valence-electron chi connectivity index (χ2n) is 4.17. The van der Waals surface area contributed by atoms with Gasteiger partial charge in [-0.25, -0.2) is 10.0 Å². The first-order valence-corrected chi connectivity index (χ1v) is 5.46. The number of hydrogen-bond donors (Lipinski definition) is 1. The first-order chi connectivity index (χ1) is 8.51. The van der Waals surface area contributed by atoms with Crippen LogP contribution in [-0.2, 0) is 0 Å². The molecule has 1 aliphatic rings. The normalized spacial score (nSPS) is 18.2.